The van der Waals surface area contributed by atoms with Crippen molar-refractivity contribution < 1.29 is 86.6 Å². The molecule has 0 aromatic heterocycles. The molecule has 1 rings (SSSR count). The number of nitrogens with one attached hydrogen (secondary N) is 7. The number of aliphatic carboxylic acids is 1. The molecule has 1 heterocycles. The van der Waals surface area contributed by atoms with Gasteiger partial charge in [0.05, 0.1) is 19.7 Å². The van der Waals surface area contributed by atoms with Gasteiger partial charge in [-0.3, -0.25) is 52.9 Å². The first-order chi connectivity index (χ1) is 33.5. The molecule has 71 heavy (non-hydrogen) atoms. The van der Waals surface area contributed by atoms with E-state index in [0.29, 0.717) is 25.7 Å². The van der Waals surface area contributed by atoms with Crippen molar-refractivity contribution in [1.29, 1.82) is 0 Å². The summed E-state index contributed by atoms with van der Waals surface area (Å²) in [4.78, 5) is 143. The molecule has 0 bridgehead atoms. The van der Waals surface area contributed by atoms with Crippen LogP contribution in [0.4, 0.5) is 0 Å². The first-order valence-corrected chi connectivity index (χ1v) is 22.6. The standard InChI is InChI=1S/C41H70N12O18/c1-21(55)49-33-35(70-24(4)58)34(69-23(3)57)29(19-67-22(2)56)71-40(33)68-20-32(61)50-26(10-5-7-13-42)37(63)53-27(11-6-8-14-43)38(64)52-25(12-9-15-46-41(44)45)36(62)48-16-30(59)47-17-31(60)51-28(18-54)39(65)66/h25-29,33-35,40,54H,5-20,42-43H2,1-4H3,(H,47,59)(H,48,62)(H,49,55)(H,50,61)(H,51,60)(H,52,64)(H,53,63)(H,65,66)(H4,44,45,46)/t25-,26-,27-,28-,29+,33+,34+,35+,40?/m0/s1. The molecule has 0 aliphatic carbocycles. The highest BCUT2D eigenvalue weighted by atomic mass is 16.7. The molecule has 30 nitrogen and oxygen atoms in total. The second-order valence-corrected chi connectivity index (χ2v) is 15.9. The number of ether oxygens (including phenoxy) is 5. The Kier molecular flexibility index (Phi) is 29.6. The summed E-state index contributed by atoms with van der Waals surface area (Å²) in [5.41, 5.74) is 22.2. The Morgan fingerprint density at radius 2 is 1.15 bits per heavy atom. The Bertz CT molecular complexity index is 1850. The summed E-state index contributed by atoms with van der Waals surface area (Å²) in [6.45, 7) is 1.11. The molecule has 1 aliphatic heterocycles. The summed E-state index contributed by atoms with van der Waals surface area (Å²) in [5, 5.41) is 34.8. The average molecular weight is 1020 g/mol. The number of aliphatic imine (C=N–C) groups is 1. The van der Waals surface area contributed by atoms with Gasteiger partial charge in [0.2, 0.25) is 41.4 Å². The summed E-state index contributed by atoms with van der Waals surface area (Å²) in [6, 6.07) is -7.01. The summed E-state index contributed by atoms with van der Waals surface area (Å²) >= 11 is 0. The minimum atomic E-state index is -1.62. The third-order valence-corrected chi connectivity index (χ3v) is 9.89. The van der Waals surface area contributed by atoms with E-state index < -0.39 is 153 Å². The van der Waals surface area contributed by atoms with E-state index in [-0.39, 0.29) is 51.3 Å². The van der Waals surface area contributed by atoms with Crippen molar-refractivity contribution >= 4 is 71.2 Å². The third-order valence-electron chi connectivity index (χ3n) is 9.89. The Morgan fingerprint density at radius 3 is 1.66 bits per heavy atom. The van der Waals surface area contributed by atoms with Crippen molar-refractivity contribution in [3.63, 3.8) is 0 Å². The molecular formula is C41H70N12O18. The average Bonchev–Trinajstić information content (AvgIpc) is 3.29. The molecule has 1 saturated heterocycles. The first kappa shape index (κ1) is 62.3. The van der Waals surface area contributed by atoms with Crippen molar-refractivity contribution in [2.45, 2.75) is 134 Å². The molecule has 0 saturated carbocycles. The molecule has 9 atom stereocenters. The lowest BCUT2D eigenvalue weighted by atomic mass is 9.96. The fourth-order valence-electron chi connectivity index (χ4n) is 6.63. The van der Waals surface area contributed by atoms with Gasteiger partial charge in [-0.15, -0.1) is 0 Å². The van der Waals surface area contributed by atoms with Crippen LogP contribution in [0.25, 0.3) is 0 Å². The maximum atomic E-state index is 14.0. The summed E-state index contributed by atoms with van der Waals surface area (Å²) in [5.74, 6) is -10.2. The zero-order chi connectivity index (χ0) is 53.6. The van der Waals surface area contributed by atoms with Crippen LogP contribution < -0.4 is 60.2 Å². The Hall–Kier alpha value is -6.76. The predicted octanol–water partition coefficient (Wildman–Crippen LogP) is -6.78. The number of carboxylic acids is 1. The van der Waals surface area contributed by atoms with E-state index in [0.717, 1.165) is 27.7 Å². The lowest BCUT2D eigenvalue weighted by Crippen LogP contribution is -2.66. The SMILES string of the molecule is CC(=O)N[C@H]1C(OCC(=O)N[C@@H](CCCCN)C(=O)N[C@@H](CCCCN)C(=O)N[C@@H](CCCN=C(N)N)C(=O)NCC(=O)NCC(=O)N[C@@H](CO)C(=O)O)O[C@H](COC(C)=O)[C@@H](OC(C)=O)[C@@H]1OC(C)=O. The second-order valence-electron chi connectivity index (χ2n) is 15.9. The molecule has 0 spiro atoms. The predicted molar refractivity (Wildman–Crippen MR) is 244 cm³/mol. The highest BCUT2D eigenvalue weighted by Crippen LogP contribution is 2.28. The molecule has 402 valence electrons. The minimum absolute atomic E-state index is 0.00306. The van der Waals surface area contributed by atoms with Crippen molar-refractivity contribution in [1.82, 2.24) is 37.2 Å². The van der Waals surface area contributed by atoms with Gasteiger partial charge in [-0.25, -0.2) is 4.79 Å². The zero-order valence-electron chi connectivity index (χ0n) is 40.2. The lowest BCUT2D eigenvalue weighted by Gasteiger charge is -2.44. The van der Waals surface area contributed by atoms with Crippen LogP contribution in [0.5, 0.6) is 0 Å². The number of carbonyl (C=O) groups is 11. The number of amides is 7. The molecule has 1 unspecified atom stereocenters. The maximum Gasteiger partial charge on any atom is 0.328 e. The number of rotatable bonds is 33. The smallest absolute Gasteiger partial charge is 0.328 e. The van der Waals surface area contributed by atoms with Crippen molar-refractivity contribution in [3.05, 3.63) is 0 Å². The van der Waals surface area contributed by atoms with E-state index in [1.807, 2.05) is 5.32 Å². The highest BCUT2D eigenvalue weighted by Gasteiger charge is 2.51. The number of hydrogen-bond donors (Lipinski definition) is 13. The number of carboxylic acid groups (broad SMARTS) is 1. The monoisotopic (exact) mass is 1020 g/mol. The highest BCUT2D eigenvalue weighted by molar-refractivity contribution is 5.95. The molecule has 1 fully saturated rings. The second kappa shape index (κ2) is 33.7. The van der Waals surface area contributed by atoms with Gasteiger partial charge in [-0.1, -0.05) is 0 Å². The van der Waals surface area contributed by atoms with Crippen LogP contribution in [0, 0.1) is 0 Å². The Labute approximate surface area is 408 Å². The molecule has 7 amide bonds. The number of unbranched alkanes of at least 4 members (excludes halogenated alkanes) is 2. The third kappa shape index (κ3) is 25.6. The van der Waals surface area contributed by atoms with Crippen LogP contribution in [-0.4, -0.2) is 189 Å². The maximum absolute atomic E-state index is 14.0. The number of aliphatic hydroxyl groups is 1. The lowest BCUT2D eigenvalue weighted by molar-refractivity contribution is -0.276. The van der Waals surface area contributed by atoms with Crippen LogP contribution >= 0.6 is 0 Å². The Balaban J connectivity index is 3.35. The van der Waals surface area contributed by atoms with Gasteiger partial charge in [0.25, 0.3) is 0 Å². The van der Waals surface area contributed by atoms with Gasteiger partial charge in [0.15, 0.2) is 24.5 Å². The van der Waals surface area contributed by atoms with Crippen LogP contribution in [0.15, 0.2) is 4.99 Å². The summed E-state index contributed by atoms with van der Waals surface area (Å²) < 4.78 is 27.6. The van der Waals surface area contributed by atoms with Crippen LogP contribution in [-0.2, 0) is 76.4 Å². The number of nitrogens with zero attached hydrogens (tertiary/aromatic N) is 1. The normalized spacial score (nSPS) is 18.8. The largest absolute Gasteiger partial charge is 0.480 e. The summed E-state index contributed by atoms with van der Waals surface area (Å²) in [6.07, 6.45) is -4.33. The van der Waals surface area contributed by atoms with E-state index in [4.69, 9.17) is 56.8 Å². The van der Waals surface area contributed by atoms with Crippen LogP contribution in [0.3, 0.4) is 0 Å². The van der Waals surface area contributed by atoms with Gasteiger partial charge in [-0.2, -0.15) is 0 Å². The van der Waals surface area contributed by atoms with Gasteiger partial charge < -0.3 is 94.0 Å². The van der Waals surface area contributed by atoms with Crippen LogP contribution in [0.2, 0.25) is 0 Å². The van der Waals surface area contributed by atoms with Gasteiger partial charge >= 0.3 is 23.9 Å². The quantitative estimate of drug-likeness (QED) is 0.00955. The number of hydrogen-bond acceptors (Lipinski definition) is 20. The van der Waals surface area contributed by atoms with Crippen molar-refractivity contribution in [2.75, 3.05) is 52.5 Å². The van der Waals surface area contributed by atoms with Crippen molar-refractivity contribution in [2.24, 2.45) is 27.9 Å². The first-order valence-electron chi connectivity index (χ1n) is 22.6. The number of guanidine groups is 1. The molecule has 0 aromatic rings. The fraction of sp³-hybridized carbons (Fsp3) is 0.707. The van der Waals surface area contributed by atoms with Gasteiger partial charge in [0, 0.05) is 34.2 Å². The van der Waals surface area contributed by atoms with E-state index in [2.05, 4.69) is 36.9 Å². The van der Waals surface area contributed by atoms with Crippen molar-refractivity contribution in [3.8, 4) is 0 Å². The van der Waals surface area contributed by atoms with Gasteiger partial charge in [0.1, 0.15) is 49.5 Å². The van der Waals surface area contributed by atoms with E-state index in [1.165, 1.54) is 0 Å². The number of carbonyl (C=O) groups excluding carboxylic acids is 10. The van der Waals surface area contributed by atoms with E-state index >= 15 is 0 Å². The number of aliphatic hydroxyl groups excluding tert-OH is 1. The molecular weight excluding hydrogens is 949 g/mol. The molecule has 30 heteroatoms. The minimum Gasteiger partial charge on any atom is -0.480 e. The van der Waals surface area contributed by atoms with E-state index in [1.54, 1.807) is 0 Å². The van der Waals surface area contributed by atoms with Crippen LogP contribution in [0.1, 0.15) is 79.1 Å². The topological polar surface area (TPSA) is 475 Å². The summed E-state index contributed by atoms with van der Waals surface area (Å²) in [7, 11) is 0. The molecule has 1 aliphatic rings. The Morgan fingerprint density at radius 1 is 0.634 bits per heavy atom. The molecule has 17 N–H and O–H groups in total. The number of esters is 3. The number of nitrogens with two attached hydrogens (primary N) is 4. The molecule has 0 aromatic carbocycles. The zero-order valence-corrected chi connectivity index (χ0v) is 40.2. The van der Waals surface area contributed by atoms with E-state index in [9.17, 15) is 52.7 Å². The fourth-order valence-corrected chi connectivity index (χ4v) is 6.63. The van der Waals surface area contributed by atoms with Gasteiger partial charge in [-0.05, 0) is 64.5 Å². The molecule has 0 radical (unpaired) electrons.